The number of carbonyl (C=O) groups excluding carboxylic acids is 2. The SMILES string of the molecule is Cc1ccc(/C=C2\Oc3cc(OC(=O)C(C)Oc4c(F)c(F)c(F)c(F)c4F)cc(C)c3C2=O)o1. The summed E-state index contributed by atoms with van der Waals surface area (Å²) in [6.07, 6.45) is -0.363. The molecule has 35 heavy (non-hydrogen) atoms. The Morgan fingerprint density at radius 1 is 0.971 bits per heavy atom. The molecule has 0 radical (unpaired) electrons. The summed E-state index contributed by atoms with van der Waals surface area (Å²) in [5.74, 6) is -13.5. The third kappa shape index (κ3) is 4.36. The molecule has 1 atom stereocenters. The van der Waals surface area contributed by atoms with Crippen molar-refractivity contribution in [2.75, 3.05) is 0 Å². The highest BCUT2D eigenvalue weighted by atomic mass is 19.2. The van der Waals surface area contributed by atoms with Crippen molar-refractivity contribution in [2.24, 2.45) is 0 Å². The molecule has 3 aromatic rings. The second-order valence-electron chi connectivity index (χ2n) is 7.58. The molecule has 0 saturated carbocycles. The molecular formula is C24H15F5O6. The van der Waals surface area contributed by atoms with E-state index in [4.69, 9.17) is 13.9 Å². The zero-order chi connectivity index (χ0) is 25.6. The number of aryl methyl sites for hydroxylation is 2. The number of fused-ring (bicyclic) bond motifs is 1. The maximum atomic E-state index is 13.8. The van der Waals surface area contributed by atoms with Gasteiger partial charge in [-0.05, 0) is 44.5 Å². The number of allylic oxidation sites excluding steroid dienone is 1. The maximum Gasteiger partial charge on any atom is 0.352 e. The smallest absolute Gasteiger partial charge is 0.352 e. The Morgan fingerprint density at radius 2 is 1.60 bits per heavy atom. The van der Waals surface area contributed by atoms with Gasteiger partial charge in [-0.3, -0.25) is 4.79 Å². The molecule has 0 N–H and O–H groups in total. The van der Waals surface area contributed by atoms with Gasteiger partial charge in [0, 0.05) is 12.1 Å². The Labute approximate surface area is 194 Å². The van der Waals surface area contributed by atoms with Crippen LogP contribution in [-0.4, -0.2) is 17.9 Å². The monoisotopic (exact) mass is 494 g/mol. The van der Waals surface area contributed by atoms with Crippen LogP contribution in [0.15, 0.2) is 34.4 Å². The lowest BCUT2D eigenvalue weighted by Crippen LogP contribution is -2.29. The average Bonchev–Trinajstić information content (AvgIpc) is 3.36. The molecule has 0 bridgehead atoms. The van der Waals surface area contributed by atoms with Crippen molar-refractivity contribution in [2.45, 2.75) is 26.9 Å². The van der Waals surface area contributed by atoms with E-state index >= 15 is 0 Å². The Kier molecular flexibility index (Phi) is 6.10. The highest BCUT2D eigenvalue weighted by Gasteiger charge is 2.32. The number of Topliss-reactive ketones (excluding diaryl/α,β-unsaturated/α-hetero) is 1. The second kappa shape index (κ2) is 8.90. The molecule has 1 unspecified atom stereocenters. The van der Waals surface area contributed by atoms with Gasteiger partial charge in [0.25, 0.3) is 0 Å². The molecule has 11 heteroatoms. The van der Waals surface area contributed by atoms with E-state index in [2.05, 4.69) is 4.74 Å². The predicted molar refractivity (Wildman–Crippen MR) is 110 cm³/mol. The highest BCUT2D eigenvalue weighted by molar-refractivity contribution is 6.15. The summed E-state index contributed by atoms with van der Waals surface area (Å²) in [6, 6.07) is 5.92. The van der Waals surface area contributed by atoms with Crippen molar-refractivity contribution in [1.82, 2.24) is 0 Å². The zero-order valence-corrected chi connectivity index (χ0v) is 18.3. The Balaban J connectivity index is 1.53. The van der Waals surface area contributed by atoms with Gasteiger partial charge in [-0.2, -0.15) is 8.78 Å². The van der Waals surface area contributed by atoms with E-state index < -0.39 is 52.7 Å². The summed E-state index contributed by atoms with van der Waals surface area (Å²) in [5, 5.41) is 0. The number of rotatable bonds is 5. The van der Waals surface area contributed by atoms with Gasteiger partial charge >= 0.3 is 5.97 Å². The first-order valence-electron chi connectivity index (χ1n) is 10.0. The Morgan fingerprint density at radius 3 is 2.20 bits per heavy atom. The molecule has 1 aliphatic rings. The number of hydrogen-bond acceptors (Lipinski definition) is 6. The van der Waals surface area contributed by atoms with Crippen LogP contribution in [0.2, 0.25) is 0 Å². The summed E-state index contributed by atoms with van der Waals surface area (Å²) in [4.78, 5) is 25.1. The summed E-state index contributed by atoms with van der Waals surface area (Å²) < 4.78 is 88.3. The van der Waals surface area contributed by atoms with Crippen molar-refractivity contribution < 1.29 is 50.2 Å². The van der Waals surface area contributed by atoms with Crippen LogP contribution < -0.4 is 14.2 Å². The number of benzene rings is 2. The Hall–Kier alpha value is -4.15. The largest absolute Gasteiger partial charge is 0.473 e. The third-order valence-corrected chi connectivity index (χ3v) is 4.99. The standard InChI is InChI=1S/C24H15F5O6/c1-9-6-13(8-14-16(9)22(30)15(35-14)7-12-5-4-10(2)32-12)34-24(31)11(3)33-23-20(28)18(26)17(25)19(27)21(23)29/h4-8,11H,1-3H3/b15-7-. The summed E-state index contributed by atoms with van der Waals surface area (Å²) in [6.45, 7) is 4.29. The van der Waals surface area contributed by atoms with Gasteiger partial charge in [0.05, 0.1) is 5.56 Å². The number of halogens is 5. The second-order valence-corrected chi connectivity index (χ2v) is 7.58. The fraction of sp³-hybridized carbons (Fsp3) is 0.167. The van der Waals surface area contributed by atoms with Crippen LogP contribution in [0.3, 0.4) is 0 Å². The van der Waals surface area contributed by atoms with Crippen LogP contribution in [-0.2, 0) is 4.79 Å². The lowest BCUT2D eigenvalue weighted by Gasteiger charge is -2.16. The molecule has 0 spiro atoms. The van der Waals surface area contributed by atoms with Crippen LogP contribution >= 0.6 is 0 Å². The predicted octanol–water partition coefficient (Wildman–Crippen LogP) is 5.58. The van der Waals surface area contributed by atoms with Gasteiger partial charge in [-0.1, -0.05) is 0 Å². The van der Waals surface area contributed by atoms with Gasteiger partial charge in [0.15, 0.2) is 17.6 Å². The van der Waals surface area contributed by atoms with E-state index in [-0.39, 0.29) is 22.8 Å². The lowest BCUT2D eigenvalue weighted by molar-refractivity contribution is -0.141. The number of esters is 1. The topological polar surface area (TPSA) is 75.0 Å². The first-order valence-corrected chi connectivity index (χ1v) is 10.0. The zero-order valence-electron chi connectivity index (χ0n) is 18.3. The first kappa shape index (κ1) is 24.0. The van der Waals surface area contributed by atoms with E-state index in [0.717, 1.165) is 6.92 Å². The van der Waals surface area contributed by atoms with Crippen LogP contribution in [0.25, 0.3) is 6.08 Å². The van der Waals surface area contributed by atoms with Gasteiger partial charge in [-0.15, -0.1) is 0 Å². The molecule has 182 valence electrons. The fourth-order valence-corrected chi connectivity index (χ4v) is 3.31. The van der Waals surface area contributed by atoms with Crippen molar-refractivity contribution in [3.05, 3.63) is 81.8 Å². The summed E-state index contributed by atoms with van der Waals surface area (Å²) in [5.41, 5.74) is 0.618. The van der Waals surface area contributed by atoms with Gasteiger partial charge in [0.1, 0.15) is 23.0 Å². The molecular weight excluding hydrogens is 479 g/mol. The van der Waals surface area contributed by atoms with Crippen molar-refractivity contribution >= 4 is 17.8 Å². The van der Waals surface area contributed by atoms with E-state index in [0.29, 0.717) is 17.1 Å². The molecule has 1 aliphatic heterocycles. The van der Waals surface area contributed by atoms with E-state index in [1.165, 1.54) is 18.2 Å². The molecule has 6 nitrogen and oxygen atoms in total. The van der Waals surface area contributed by atoms with Crippen LogP contribution in [0.4, 0.5) is 22.0 Å². The van der Waals surface area contributed by atoms with Crippen LogP contribution in [0, 0.1) is 42.9 Å². The van der Waals surface area contributed by atoms with E-state index in [1.807, 2.05) is 0 Å². The number of hydrogen-bond donors (Lipinski definition) is 0. The van der Waals surface area contributed by atoms with Gasteiger partial charge in [-0.25, -0.2) is 18.0 Å². The first-order chi connectivity index (χ1) is 16.5. The molecule has 4 rings (SSSR count). The molecule has 0 fully saturated rings. The van der Waals surface area contributed by atoms with Gasteiger partial charge in [0.2, 0.25) is 34.9 Å². The van der Waals surface area contributed by atoms with E-state index in [9.17, 15) is 31.5 Å². The Bertz CT molecular complexity index is 1380. The molecule has 2 aromatic carbocycles. The number of furan rings is 1. The summed E-state index contributed by atoms with van der Waals surface area (Å²) in [7, 11) is 0. The number of ether oxygens (including phenoxy) is 3. The van der Waals surface area contributed by atoms with Crippen LogP contribution in [0.1, 0.15) is 34.4 Å². The van der Waals surface area contributed by atoms with Crippen molar-refractivity contribution in [3.8, 4) is 17.2 Å². The highest BCUT2D eigenvalue weighted by Crippen LogP contribution is 2.38. The van der Waals surface area contributed by atoms with Gasteiger partial charge < -0.3 is 18.6 Å². The minimum atomic E-state index is -2.36. The van der Waals surface area contributed by atoms with E-state index in [1.54, 1.807) is 26.0 Å². The number of ketones is 1. The fourth-order valence-electron chi connectivity index (χ4n) is 3.31. The molecule has 0 aliphatic carbocycles. The minimum absolute atomic E-state index is 0.0241. The summed E-state index contributed by atoms with van der Waals surface area (Å²) >= 11 is 0. The average molecular weight is 494 g/mol. The third-order valence-electron chi connectivity index (χ3n) is 4.99. The molecule has 2 heterocycles. The minimum Gasteiger partial charge on any atom is -0.473 e. The maximum absolute atomic E-state index is 13.8. The quantitative estimate of drug-likeness (QED) is 0.115. The molecule has 1 aromatic heterocycles. The number of carbonyl (C=O) groups is 2. The van der Waals surface area contributed by atoms with Crippen LogP contribution in [0.5, 0.6) is 17.2 Å². The van der Waals surface area contributed by atoms with Crippen molar-refractivity contribution in [3.63, 3.8) is 0 Å². The lowest BCUT2D eigenvalue weighted by atomic mass is 10.0. The molecule has 0 saturated heterocycles. The molecule has 0 amide bonds. The van der Waals surface area contributed by atoms with Crippen molar-refractivity contribution in [1.29, 1.82) is 0 Å². The normalized spacial score (nSPS) is 14.6.